The van der Waals surface area contributed by atoms with E-state index in [0.29, 0.717) is 31.0 Å². The summed E-state index contributed by atoms with van der Waals surface area (Å²) in [5.74, 6) is -0.104. The van der Waals surface area contributed by atoms with Gasteiger partial charge in [0.15, 0.2) is 5.96 Å². The molecule has 9 heteroatoms. The van der Waals surface area contributed by atoms with Crippen LogP contribution in [-0.4, -0.2) is 51.5 Å². The third kappa shape index (κ3) is 8.57. The molecule has 0 fully saturated rings. The first-order valence-electron chi connectivity index (χ1n) is 10.1. The van der Waals surface area contributed by atoms with Crippen molar-refractivity contribution in [3.8, 4) is 0 Å². The van der Waals surface area contributed by atoms with Crippen molar-refractivity contribution in [3.63, 3.8) is 0 Å². The number of hydrogen-bond donors (Lipinski definition) is 4. The summed E-state index contributed by atoms with van der Waals surface area (Å²) < 4.78 is 40.5. The summed E-state index contributed by atoms with van der Waals surface area (Å²) in [7, 11) is -3.63. The Balaban J connectivity index is 2.69. The van der Waals surface area contributed by atoms with Crippen LogP contribution in [0.15, 0.2) is 23.2 Å². The Bertz CT molecular complexity index is 765. The highest BCUT2D eigenvalue weighted by atomic mass is 32.2. The van der Waals surface area contributed by atoms with E-state index in [9.17, 15) is 17.9 Å². The number of aryl methyl sites for hydroxylation is 1. The summed E-state index contributed by atoms with van der Waals surface area (Å²) in [6.07, 6.45) is 2.48. The first-order valence-corrected chi connectivity index (χ1v) is 11.8. The molecule has 0 saturated carbocycles. The first kappa shape index (κ1) is 25.2. The molecule has 1 aromatic carbocycles. The number of nitrogens with one attached hydrogen (secondary N) is 3. The molecule has 0 radical (unpaired) electrons. The molecule has 0 aromatic heterocycles. The number of aliphatic hydroxyl groups excluding tert-OH is 1. The minimum absolute atomic E-state index is 0.0692. The molecule has 0 unspecified atom stereocenters. The van der Waals surface area contributed by atoms with Gasteiger partial charge >= 0.3 is 0 Å². The van der Waals surface area contributed by atoms with E-state index < -0.39 is 15.8 Å². The number of nitrogens with zero attached hydrogens (tertiary/aromatic N) is 1. The molecule has 0 amide bonds. The van der Waals surface area contributed by atoms with Crippen LogP contribution in [0.2, 0.25) is 0 Å². The standard InChI is InChI=1S/C20H35FN4O3S/c1-5-20(6-2,10-12-26)15-24-19(22-7-3)23-11-13-29(27,28)25-17-9-8-16(4)18(21)14-17/h8-9,14,25-26H,5-7,10-13,15H2,1-4H3,(H2,22,23,24). The molecule has 0 spiro atoms. The molecular formula is C20H35FN4O3S. The van der Waals surface area contributed by atoms with Crippen LogP contribution in [0.25, 0.3) is 0 Å². The Morgan fingerprint density at radius 1 is 1.21 bits per heavy atom. The number of halogens is 1. The Morgan fingerprint density at radius 3 is 2.45 bits per heavy atom. The van der Waals surface area contributed by atoms with Gasteiger partial charge in [0, 0.05) is 26.2 Å². The highest BCUT2D eigenvalue weighted by molar-refractivity contribution is 7.92. The van der Waals surface area contributed by atoms with E-state index in [1.54, 1.807) is 6.92 Å². The molecule has 1 aromatic rings. The number of aliphatic imine (C=N–C) groups is 1. The van der Waals surface area contributed by atoms with E-state index in [1.165, 1.54) is 18.2 Å². The van der Waals surface area contributed by atoms with Gasteiger partial charge in [-0.3, -0.25) is 9.71 Å². The summed E-state index contributed by atoms with van der Waals surface area (Å²) in [6, 6.07) is 4.23. The van der Waals surface area contributed by atoms with Crippen molar-refractivity contribution in [1.29, 1.82) is 0 Å². The molecule has 4 N–H and O–H groups in total. The van der Waals surface area contributed by atoms with Gasteiger partial charge in [0.25, 0.3) is 0 Å². The number of anilines is 1. The molecule has 0 saturated heterocycles. The van der Waals surface area contributed by atoms with Gasteiger partial charge in [-0.15, -0.1) is 0 Å². The summed E-state index contributed by atoms with van der Waals surface area (Å²) in [5.41, 5.74) is 0.589. The number of guanidine groups is 1. The normalized spacial score (nSPS) is 12.7. The molecule has 166 valence electrons. The minimum Gasteiger partial charge on any atom is -0.396 e. The van der Waals surface area contributed by atoms with Gasteiger partial charge in [0.05, 0.1) is 11.4 Å². The van der Waals surface area contributed by atoms with Crippen molar-refractivity contribution in [2.24, 2.45) is 10.4 Å². The fourth-order valence-corrected chi connectivity index (χ4v) is 3.88. The number of benzene rings is 1. The fraction of sp³-hybridized carbons (Fsp3) is 0.650. The van der Waals surface area contributed by atoms with Gasteiger partial charge in [0.1, 0.15) is 5.82 Å². The van der Waals surface area contributed by atoms with Crippen molar-refractivity contribution in [2.75, 3.05) is 36.7 Å². The predicted octanol–water partition coefficient (Wildman–Crippen LogP) is 2.62. The van der Waals surface area contributed by atoms with E-state index >= 15 is 0 Å². The Hall–Kier alpha value is -1.87. The Kier molecular flexibility index (Phi) is 10.4. The quantitative estimate of drug-likeness (QED) is 0.302. The third-order valence-corrected chi connectivity index (χ3v) is 6.46. The molecule has 0 aliphatic rings. The third-order valence-electron chi connectivity index (χ3n) is 5.17. The maximum absolute atomic E-state index is 13.6. The largest absolute Gasteiger partial charge is 0.396 e. The maximum Gasteiger partial charge on any atom is 0.234 e. The van der Waals surface area contributed by atoms with Gasteiger partial charge in [-0.25, -0.2) is 12.8 Å². The van der Waals surface area contributed by atoms with Gasteiger partial charge < -0.3 is 15.7 Å². The average Bonchev–Trinajstić information content (AvgIpc) is 2.67. The van der Waals surface area contributed by atoms with Gasteiger partial charge in [-0.1, -0.05) is 19.9 Å². The predicted molar refractivity (Wildman–Crippen MR) is 117 cm³/mol. The van der Waals surface area contributed by atoms with E-state index in [-0.39, 0.29) is 30.0 Å². The monoisotopic (exact) mass is 430 g/mol. The maximum atomic E-state index is 13.6. The SMILES string of the molecule is CCNC(=NCC(CC)(CC)CCO)NCCS(=O)(=O)Nc1ccc(C)c(F)c1. The molecule has 0 heterocycles. The lowest BCUT2D eigenvalue weighted by Gasteiger charge is -2.29. The summed E-state index contributed by atoms with van der Waals surface area (Å²) in [6.45, 7) is 9.18. The lowest BCUT2D eigenvalue weighted by atomic mass is 9.79. The number of rotatable bonds is 12. The van der Waals surface area contributed by atoms with E-state index in [0.717, 1.165) is 12.8 Å². The molecule has 0 aliphatic heterocycles. The molecule has 29 heavy (non-hydrogen) atoms. The topological polar surface area (TPSA) is 103 Å². The lowest BCUT2D eigenvalue weighted by Crippen LogP contribution is -2.41. The van der Waals surface area contributed by atoms with Crippen LogP contribution in [0.5, 0.6) is 0 Å². The van der Waals surface area contributed by atoms with Gasteiger partial charge in [-0.2, -0.15) is 0 Å². The number of hydrogen-bond acceptors (Lipinski definition) is 4. The smallest absolute Gasteiger partial charge is 0.234 e. The zero-order valence-electron chi connectivity index (χ0n) is 17.9. The Labute approximate surface area is 174 Å². The molecule has 0 bridgehead atoms. The highest BCUT2D eigenvalue weighted by Crippen LogP contribution is 2.30. The summed E-state index contributed by atoms with van der Waals surface area (Å²) in [4.78, 5) is 4.59. The van der Waals surface area contributed by atoms with Crippen LogP contribution < -0.4 is 15.4 Å². The summed E-state index contributed by atoms with van der Waals surface area (Å²) >= 11 is 0. The second kappa shape index (κ2) is 12.0. The van der Waals surface area contributed by atoms with Crippen molar-refractivity contribution >= 4 is 21.7 Å². The van der Waals surface area contributed by atoms with E-state index in [2.05, 4.69) is 34.2 Å². The van der Waals surface area contributed by atoms with E-state index in [1.807, 2.05) is 6.92 Å². The van der Waals surface area contributed by atoms with Gasteiger partial charge in [-0.05, 0) is 56.2 Å². The van der Waals surface area contributed by atoms with Crippen LogP contribution >= 0.6 is 0 Å². The fourth-order valence-electron chi connectivity index (χ4n) is 2.92. The van der Waals surface area contributed by atoms with Crippen molar-refractivity contribution in [1.82, 2.24) is 10.6 Å². The molecule has 0 aliphatic carbocycles. The number of sulfonamides is 1. The Morgan fingerprint density at radius 2 is 1.90 bits per heavy atom. The number of aliphatic hydroxyl groups is 1. The minimum atomic E-state index is -3.63. The molecule has 7 nitrogen and oxygen atoms in total. The van der Waals surface area contributed by atoms with Crippen LogP contribution in [0, 0.1) is 18.2 Å². The average molecular weight is 431 g/mol. The van der Waals surface area contributed by atoms with Crippen molar-refractivity contribution < 1.29 is 17.9 Å². The van der Waals surface area contributed by atoms with Crippen molar-refractivity contribution in [2.45, 2.75) is 47.0 Å². The zero-order valence-corrected chi connectivity index (χ0v) is 18.7. The molecule has 0 atom stereocenters. The van der Waals surface area contributed by atoms with Gasteiger partial charge in [0.2, 0.25) is 10.0 Å². The van der Waals surface area contributed by atoms with Crippen molar-refractivity contribution in [3.05, 3.63) is 29.6 Å². The molecular weight excluding hydrogens is 395 g/mol. The second-order valence-corrected chi connectivity index (χ2v) is 9.03. The molecule has 1 rings (SSSR count). The zero-order chi connectivity index (χ0) is 21.9. The van der Waals surface area contributed by atoms with E-state index in [4.69, 9.17) is 0 Å². The first-order chi connectivity index (χ1) is 13.7. The second-order valence-electron chi connectivity index (χ2n) is 7.19. The van der Waals surface area contributed by atoms with Crippen LogP contribution in [0.1, 0.15) is 45.6 Å². The van der Waals surface area contributed by atoms with Crippen LogP contribution in [0.3, 0.4) is 0 Å². The van der Waals surface area contributed by atoms with Crippen LogP contribution in [-0.2, 0) is 10.0 Å². The highest BCUT2D eigenvalue weighted by Gasteiger charge is 2.25. The lowest BCUT2D eigenvalue weighted by molar-refractivity contribution is 0.175. The van der Waals surface area contributed by atoms with Crippen LogP contribution in [0.4, 0.5) is 10.1 Å². The summed E-state index contributed by atoms with van der Waals surface area (Å²) in [5, 5.41) is 15.5.